The Hall–Kier alpha value is -4.75. The number of alkyl halides is 2. The maximum atomic E-state index is 15.1. The van der Waals surface area contributed by atoms with Gasteiger partial charge in [-0.25, -0.2) is 9.97 Å². The van der Waals surface area contributed by atoms with Gasteiger partial charge in [0.2, 0.25) is 5.91 Å². The van der Waals surface area contributed by atoms with Crippen LogP contribution < -0.4 is 10.2 Å². The number of hydrogen-bond donors (Lipinski definition) is 2. The van der Waals surface area contributed by atoms with Gasteiger partial charge in [-0.3, -0.25) is 14.6 Å². The van der Waals surface area contributed by atoms with E-state index in [1.54, 1.807) is 12.1 Å². The molecular formula is C31H31F2N7O4. The Kier molecular flexibility index (Phi) is 8.31. The molecule has 1 aromatic carbocycles. The highest BCUT2D eigenvalue weighted by Crippen LogP contribution is 2.33. The van der Waals surface area contributed by atoms with E-state index in [4.69, 9.17) is 9.47 Å². The third-order valence-corrected chi connectivity index (χ3v) is 7.68. The highest BCUT2D eigenvalue weighted by molar-refractivity contribution is 6.03. The SMILES string of the molecule is C=CC(=O)N1CCC[C@@H](OC(F)(F)c2ccnc(C(=O)Nc3ccc(-c4cc5c(N6CCOCC6)ncnc5[nH]4)cc3)c2)C1. The lowest BCUT2D eigenvalue weighted by atomic mass is 10.1. The average molecular weight is 604 g/mol. The van der Waals surface area contributed by atoms with Gasteiger partial charge in [-0.2, -0.15) is 8.78 Å². The molecule has 2 aliphatic heterocycles. The van der Waals surface area contributed by atoms with Crippen LogP contribution in [0, 0.1) is 0 Å². The van der Waals surface area contributed by atoms with E-state index in [1.807, 2.05) is 18.2 Å². The van der Waals surface area contributed by atoms with E-state index in [9.17, 15) is 9.59 Å². The predicted molar refractivity (Wildman–Crippen MR) is 159 cm³/mol. The zero-order valence-corrected chi connectivity index (χ0v) is 23.8. The first-order valence-electron chi connectivity index (χ1n) is 14.3. The van der Waals surface area contributed by atoms with Crippen molar-refractivity contribution in [1.82, 2.24) is 24.8 Å². The van der Waals surface area contributed by atoms with E-state index in [0.717, 1.165) is 60.0 Å². The number of aromatic nitrogens is 4. The van der Waals surface area contributed by atoms with Crippen LogP contribution in [0.5, 0.6) is 0 Å². The second-order valence-corrected chi connectivity index (χ2v) is 10.6. The topological polar surface area (TPSA) is 126 Å². The molecule has 6 rings (SSSR count). The molecule has 2 saturated heterocycles. The van der Waals surface area contributed by atoms with E-state index in [2.05, 4.69) is 36.7 Å². The fourth-order valence-corrected chi connectivity index (χ4v) is 5.41. The number of benzene rings is 1. The first-order chi connectivity index (χ1) is 21.3. The van der Waals surface area contributed by atoms with Gasteiger partial charge in [-0.05, 0) is 54.8 Å². The van der Waals surface area contributed by atoms with E-state index in [-0.39, 0.29) is 18.1 Å². The Balaban J connectivity index is 1.12. The molecule has 2 N–H and O–H groups in total. The number of nitrogens with zero attached hydrogens (tertiary/aromatic N) is 5. The number of morpholine rings is 1. The monoisotopic (exact) mass is 603 g/mol. The number of ether oxygens (including phenoxy) is 2. The van der Waals surface area contributed by atoms with Crippen molar-refractivity contribution < 1.29 is 27.8 Å². The number of amides is 2. The number of anilines is 2. The number of piperidine rings is 1. The molecule has 4 aromatic rings. The van der Waals surface area contributed by atoms with E-state index in [0.29, 0.717) is 43.9 Å². The van der Waals surface area contributed by atoms with Crippen molar-refractivity contribution >= 4 is 34.4 Å². The van der Waals surface area contributed by atoms with E-state index < -0.39 is 23.7 Å². The van der Waals surface area contributed by atoms with Gasteiger partial charge in [0.05, 0.1) is 30.3 Å². The molecule has 2 fully saturated rings. The van der Waals surface area contributed by atoms with Gasteiger partial charge in [0.15, 0.2) is 0 Å². The molecule has 2 amide bonds. The van der Waals surface area contributed by atoms with E-state index >= 15 is 8.78 Å². The summed E-state index contributed by atoms with van der Waals surface area (Å²) in [4.78, 5) is 44.6. The maximum absolute atomic E-state index is 15.1. The van der Waals surface area contributed by atoms with Crippen molar-refractivity contribution in [2.45, 2.75) is 25.1 Å². The molecule has 0 saturated carbocycles. The number of H-pyrrole nitrogens is 1. The summed E-state index contributed by atoms with van der Waals surface area (Å²) in [5.41, 5.74) is 2.19. The molecule has 0 aliphatic carbocycles. The van der Waals surface area contributed by atoms with Gasteiger partial charge in [-0.1, -0.05) is 18.7 Å². The van der Waals surface area contributed by atoms with Crippen LogP contribution in [0.3, 0.4) is 0 Å². The number of pyridine rings is 1. The molecule has 5 heterocycles. The number of rotatable bonds is 8. The second-order valence-electron chi connectivity index (χ2n) is 10.6. The molecule has 0 bridgehead atoms. The first-order valence-corrected chi connectivity index (χ1v) is 14.3. The van der Waals surface area contributed by atoms with Crippen molar-refractivity contribution in [1.29, 1.82) is 0 Å². The minimum absolute atomic E-state index is 0.0375. The molecule has 228 valence electrons. The molecular weight excluding hydrogens is 572 g/mol. The van der Waals surface area contributed by atoms with Crippen LogP contribution in [-0.4, -0.2) is 82.1 Å². The molecule has 13 heteroatoms. The highest BCUT2D eigenvalue weighted by Gasteiger charge is 2.38. The summed E-state index contributed by atoms with van der Waals surface area (Å²) in [6.07, 6.45) is 0.202. The molecule has 0 spiro atoms. The quantitative estimate of drug-likeness (QED) is 0.285. The van der Waals surface area contributed by atoms with Crippen molar-refractivity contribution in [3.05, 3.63) is 78.9 Å². The van der Waals surface area contributed by atoms with Crippen molar-refractivity contribution in [3.63, 3.8) is 0 Å². The van der Waals surface area contributed by atoms with E-state index in [1.165, 1.54) is 11.2 Å². The fraction of sp³-hybridized carbons (Fsp3) is 0.323. The molecule has 2 aliphatic rings. The summed E-state index contributed by atoms with van der Waals surface area (Å²) in [5, 5.41) is 3.61. The lowest BCUT2D eigenvalue weighted by molar-refractivity contribution is -0.278. The Morgan fingerprint density at radius 3 is 2.66 bits per heavy atom. The third kappa shape index (κ3) is 6.29. The second kappa shape index (κ2) is 12.5. The van der Waals surface area contributed by atoms with Crippen LogP contribution in [0.4, 0.5) is 20.3 Å². The van der Waals surface area contributed by atoms with Crippen molar-refractivity contribution in [3.8, 4) is 11.3 Å². The van der Waals surface area contributed by atoms with Crippen LogP contribution in [0.25, 0.3) is 22.3 Å². The number of fused-ring (bicyclic) bond motifs is 1. The number of halogens is 2. The summed E-state index contributed by atoms with van der Waals surface area (Å²) < 4.78 is 40.8. The summed E-state index contributed by atoms with van der Waals surface area (Å²) >= 11 is 0. The highest BCUT2D eigenvalue weighted by atomic mass is 19.3. The summed E-state index contributed by atoms with van der Waals surface area (Å²) in [5.74, 6) is -0.128. The molecule has 11 nitrogen and oxygen atoms in total. The predicted octanol–water partition coefficient (Wildman–Crippen LogP) is 4.35. The maximum Gasteiger partial charge on any atom is 0.383 e. The number of hydrogen-bond acceptors (Lipinski definition) is 8. The van der Waals surface area contributed by atoms with Gasteiger partial charge in [0.25, 0.3) is 5.91 Å². The van der Waals surface area contributed by atoms with Crippen LogP contribution in [0.15, 0.2) is 67.6 Å². The number of aromatic amines is 1. The van der Waals surface area contributed by atoms with Crippen molar-refractivity contribution in [2.24, 2.45) is 0 Å². The third-order valence-electron chi connectivity index (χ3n) is 7.68. The Morgan fingerprint density at radius 2 is 1.89 bits per heavy atom. The van der Waals surface area contributed by atoms with Gasteiger partial charge < -0.3 is 29.6 Å². The minimum Gasteiger partial charge on any atom is -0.378 e. The summed E-state index contributed by atoms with van der Waals surface area (Å²) in [6, 6.07) is 11.2. The average Bonchev–Trinajstić information content (AvgIpc) is 3.50. The molecule has 1 atom stereocenters. The van der Waals surface area contributed by atoms with Crippen LogP contribution in [-0.2, 0) is 20.4 Å². The number of carbonyl (C=O) groups is 2. The number of likely N-dealkylation sites (tertiary alicyclic amines) is 1. The zero-order valence-electron chi connectivity index (χ0n) is 23.8. The van der Waals surface area contributed by atoms with Crippen LogP contribution >= 0.6 is 0 Å². The Labute approximate surface area is 251 Å². The Bertz CT molecular complexity index is 1670. The smallest absolute Gasteiger partial charge is 0.378 e. The molecule has 44 heavy (non-hydrogen) atoms. The number of nitrogens with one attached hydrogen (secondary N) is 2. The largest absolute Gasteiger partial charge is 0.383 e. The standard InChI is InChI=1S/C31H31F2N7O4/c1-2-27(41)40-11-3-4-23(18-40)44-31(32,33)21-9-10-34-26(16-21)30(42)37-22-7-5-20(6-8-22)25-17-24-28(38-25)35-19-36-29(24)39-12-14-43-15-13-39/h2,5-10,16-17,19,23H,1,3-4,11-15,18H2,(H,37,42)(H,35,36,38)/t23-/m1/s1. The van der Waals surface area contributed by atoms with Crippen molar-refractivity contribution in [2.75, 3.05) is 49.6 Å². The first kappa shape index (κ1) is 29.3. The fourth-order valence-electron chi connectivity index (χ4n) is 5.41. The van der Waals surface area contributed by atoms with Crippen LogP contribution in [0.1, 0.15) is 28.9 Å². The molecule has 0 radical (unpaired) electrons. The van der Waals surface area contributed by atoms with Gasteiger partial charge in [-0.15, -0.1) is 0 Å². The van der Waals surface area contributed by atoms with Gasteiger partial charge in [0.1, 0.15) is 23.5 Å². The van der Waals surface area contributed by atoms with Gasteiger partial charge in [0, 0.05) is 43.8 Å². The summed E-state index contributed by atoms with van der Waals surface area (Å²) in [6.45, 7) is 6.74. The van der Waals surface area contributed by atoms with Gasteiger partial charge >= 0.3 is 6.11 Å². The number of carbonyl (C=O) groups excluding carboxylic acids is 2. The minimum atomic E-state index is -3.68. The Morgan fingerprint density at radius 1 is 1.09 bits per heavy atom. The lowest BCUT2D eigenvalue weighted by Gasteiger charge is -2.34. The summed E-state index contributed by atoms with van der Waals surface area (Å²) in [7, 11) is 0. The zero-order chi connectivity index (χ0) is 30.7. The molecule has 0 unspecified atom stereocenters. The molecule has 3 aromatic heterocycles. The normalized spacial score (nSPS) is 17.5. The lowest BCUT2D eigenvalue weighted by Crippen LogP contribution is -2.44. The van der Waals surface area contributed by atoms with Crippen LogP contribution in [0.2, 0.25) is 0 Å².